The Kier molecular flexibility index (Phi) is 8.91. The number of carbonyl (C=O) groups is 1. The van der Waals surface area contributed by atoms with E-state index in [0.29, 0.717) is 37.6 Å². The van der Waals surface area contributed by atoms with Crippen molar-refractivity contribution in [2.45, 2.75) is 46.6 Å². The monoisotopic (exact) mass is 421 g/mol. The van der Waals surface area contributed by atoms with Gasteiger partial charge in [0.15, 0.2) is 0 Å². The number of methoxy groups -OCH3 is 1. The number of carboxylic acids is 1. The maximum absolute atomic E-state index is 11.9. The standard InChI is InChI=1S/C21H31N3O6/c1-15-5-6-16(11-17(15)13-25)19(21(2,3)20(26)27)30-14-18-12-24(23-22-18)7-8-29-10-9-28-4/h5-6,11-12,19,25H,7-10,13-14H2,1-4H3,(H,26,27)/t19-/m0/s1. The highest BCUT2D eigenvalue weighted by Crippen LogP contribution is 2.38. The normalized spacial score (nSPS) is 12.8. The molecule has 0 radical (unpaired) electrons. The third-order valence-corrected chi connectivity index (χ3v) is 4.93. The van der Waals surface area contributed by atoms with Crippen molar-refractivity contribution in [3.63, 3.8) is 0 Å². The van der Waals surface area contributed by atoms with Crippen molar-refractivity contribution in [1.82, 2.24) is 15.0 Å². The van der Waals surface area contributed by atoms with Crippen LogP contribution in [0.5, 0.6) is 0 Å². The van der Waals surface area contributed by atoms with Crippen LogP contribution in [0.2, 0.25) is 0 Å². The van der Waals surface area contributed by atoms with Gasteiger partial charge in [0.2, 0.25) is 0 Å². The zero-order valence-corrected chi connectivity index (χ0v) is 18.0. The molecule has 2 aromatic rings. The van der Waals surface area contributed by atoms with Crippen LogP contribution in [0.3, 0.4) is 0 Å². The van der Waals surface area contributed by atoms with Gasteiger partial charge in [0.1, 0.15) is 5.69 Å². The number of hydrogen-bond donors (Lipinski definition) is 2. The van der Waals surface area contributed by atoms with Gasteiger partial charge in [-0.25, -0.2) is 4.68 Å². The summed E-state index contributed by atoms with van der Waals surface area (Å²) in [5.41, 5.74) is 1.77. The Morgan fingerprint density at radius 2 is 2.03 bits per heavy atom. The lowest BCUT2D eigenvalue weighted by Crippen LogP contribution is -2.33. The Morgan fingerprint density at radius 3 is 2.70 bits per heavy atom. The number of ether oxygens (including phenoxy) is 3. The van der Waals surface area contributed by atoms with E-state index in [-0.39, 0.29) is 13.2 Å². The molecule has 0 aliphatic carbocycles. The smallest absolute Gasteiger partial charge is 0.312 e. The van der Waals surface area contributed by atoms with Crippen molar-refractivity contribution in [1.29, 1.82) is 0 Å². The van der Waals surface area contributed by atoms with Gasteiger partial charge in [-0.05, 0) is 37.5 Å². The van der Waals surface area contributed by atoms with E-state index >= 15 is 0 Å². The van der Waals surface area contributed by atoms with Gasteiger partial charge in [0.25, 0.3) is 0 Å². The molecule has 0 amide bonds. The fourth-order valence-corrected chi connectivity index (χ4v) is 2.94. The minimum atomic E-state index is -1.19. The molecule has 166 valence electrons. The van der Waals surface area contributed by atoms with Crippen LogP contribution >= 0.6 is 0 Å². The minimum absolute atomic E-state index is 0.105. The van der Waals surface area contributed by atoms with Crippen LogP contribution in [-0.2, 0) is 38.8 Å². The molecule has 0 saturated carbocycles. The van der Waals surface area contributed by atoms with E-state index in [0.717, 1.165) is 11.1 Å². The Morgan fingerprint density at radius 1 is 1.27 bits per heavy atom. The molecule has 1 atom stereocenters. The van der Waals surface area contributed by atoms with Gasteiger partial charge in [-0.15, -0.1) is 5.10 Å². The van der Waals surface area contributed by atoms with Gasteiger partial charge in [0, 0.05) is 7.11 Å². The molecule has 0 unspecified atom stereocenters. The molecule has 2 rings (SSSR count). The molecule has 0 aliphatic rings. The summed E-state index contributed by atoms with van der Waals surface area (Å²) in [7, 11) is 1.62. The number of aromatic nitrogens is 3. The zero-order chi connectivity index (χ0) is 22.1. The molecule has 9 heteroatoms. The SMILES string of the molecule is COCCOCCn1cc(CO[C@@H](c2ccc(C)c(CO)c2)C(C)(C)C(=O)O)nn1. The maximum atomic E-state index is 11.9. The highest BCUT2D eigenvalue weighted by molar-refractivity contribution is 5.74. The number of rotatable bonds is 13. The van der Waals surface area contributed by atoms with Crippen molar-refractivity contribution in [2.24, 2.45) is 5.41 Å². The Labute approximate surface area is 176 Å². The van der Waals surface area contributed by atoms with Gasteiger partial charge < -0.3 is 24.4 Å². The first-order valence-corrected chi connectivity index (χ1v) is 9.80. The van der Waals surface area contributed by atoms with Crippen LogP contribution in [0.4, 0.5) is 0 Å². The molecule has 0 saturated heterocycles. The fourth-order valence-electron chi connectivity index (χ4n) is 2.94. The van der Waals surface area contributed by atoms with Crippen LogP contribution in [-0.4, -0.2) is 58.1 Å². The van der Waals surface area contributed by atoms with E-state index in [1.807, 2.05) is 19.1 Å². The molecule has 0 fully saturated rings. The summed E-state index contributed by atoms with van der Waals surface area (Å²) in [6.45, 7) is 7.18. The van der Waals surface area contributed by atoms with Crippen molar-refractivity contribution < 1.29 is 29.2 Å². The molecule has 9 nitrogen and oxygen atoms in total. The number of benzene rings is 1. The second-order valence-corrected chi connectivity index (χ2v) is 7.64. The molecule has 0 spiro atoms. The average molecular weight is 421 g/mol. The Hall–Kier alpha value is -2.33. The number of aliphatic hydroxyl groups is 1. The van der Waals surface area contributed by atoms with Crippen molar-refractivity contribution in [3.05, 3.63) is 46.8 Å². The number of aryl methyl sites for hydroxylation is 1. The van der Waals surface area contributed by atoms with E-state index in [4.69, 9.17) is 14.2 Å². The minimum Gasteiger partial charge on any atom is -0.481 e. The van der Waals surface area contributed by atoms with E-state index in [1.165, 1.54) is 0 Å². The van der Waals surface area contributed by atoms with Crippen molar-refractivity contribution >= 4 is 5.97 Å². The summed E-state index contributed by atoms with van der Waals surface area (Å²) in [5.74, 6) is -0.976. The predicted octanol–water partition coefficient (Wildman–Crippen LogP) is 2.11. The van der Waals surface area contributed by atoms with E-state index in [9.17, 15) is 15.0 Å². The Bertz CT molecular complexity index is 821. The molecule has 1 heterocycles. The van der Waals surface area contributed by atoms with Gasteiger partial charge >= 0.3 is 5.97 Å². The summed E-state index contributed by atoms with van der Waals surface area (Å²) in [4.78, 5) is 11.9. The first kappa shape index (κ1) is 23.9. The quantitative estimate of drug-likeness (QED) is 0.473. The largest absolute Gasteiger partial charge is 0.481 e. The van der Waals surface area contributed by atoms with Gasteiger partial charge in [-0.2, -0.15) is 0 Å². The number of aliphatic carboxylic acids is 1. The molecule has 0 aliphatic heterocycles. The molecular weight excluding hydrogens is 390 g/mol. The van der Waals surface area contributed by atoms with E-state index in [1.54, 1.807) is 37.9 Å². The molecule has 1 aromatic heterocycles. The Balaban J connectivity index is 2.08. The van der Waals surface area contributed by atoms with Crippen LogP contribution in [0.25, 0.3) is 0 Å². The van der Waals surface area contributed by atoms with E-state index in [2.05, 4.69) is 10.3 Å². The molecule has 2 N–H and O–H groups in total. The topological polar surface area (TPSA) is 116 Å². The summed E-state index contributed by atoms with van der Waals surface area (Å²) in [5, 5.41) is 27.4. The highest BCUT2D eigenvalue weighted by Gasteiger charge is 2.39. The number of nitrogens with zero attached hydrogens (tertiary/aromatic N) is 3. The maximum Gasteiger partial charge on any atom is 0.312 e. The summed E-state index contributed by atoms with van der Waals surface area (Å²) in [6.07, 6.45) is 1.02. The number of carboxylic acid groups (broad SMARTS) is 1. The summed E-state index contributed by atoms with van der Waals surface area (Å²) >= 11 is 0. The number of aliphatic hydroxyl groups excluding tert-OH is 1. The second kappa shape index (κ2) is 11.2. The molecule has 30 heavy (non-hydrogen) atoms. The molecule has 0 bridgehead atoms. The molecule has 1 aromatic carbocycles. The third-order valence-electron chi connectivity index (χ3n) is 4.93. The van der Waals surface area contributed by atoms with E-state index < -0.39 is 17.5 Å². The van der Waals surface area contributed by atoms with Crippen LogP contribution in [0, 0.1) is 12.3 Å². The van der Waals surface area contributed by atoms with Crippen LogP contribution in [0.15, 0.2) is 24.4 Å². The first-order chi connectivity index (χ1) is 14.3. The summed E-state index contributed by atoms with van der Waals surface area (Å²) in [6, 6.07) is 5.48. The van der Waals surface area contributed by atoms with Crippen LogP contribution < -0.4 is 0 Å². The third kappa shape index (κ3) is 6.33. The second-order valence-electron chi connectivity index (χ2n) is 7.64. The fraction of sp³-hybridized carbons (Fsp3) is 0.571. The number of hydrogen-bond acceptors (Lipinski definition) is 7. The lowest BCUT2D eigenvalue weighted by Gasteiger charge is -2.31. The van der Waals surface area contributed by atoms with Crippen LogP contribution in [0.1, 0.15) is 42.3 Å². The van der Waals surface area contributed by atoms with Gasteiger partial charge in [-0.3, -0.25) is 4.79 Å². The van der Waals surface area contributed by atoms with Crippen molar-refractivity contribution in [3.8, 4) is 0 Å². The predicted molar refractivity (Wildman–Crippen MR) is 109 cm³/mol. The van der Waals surface area contributed by atoms with Crippen molar-refractivity contribution in [2.75, 3.05) is 26.9 Å². The molecular formula is C21H31N3O6. The van der Waals surface area contributed by atoms with Gasteiger partial charge in [-0.1, -0.05) is 23.4 Å². The first-order valence-electron chi connectivity index (χ1n) is 9.80. The lowest BCUT2D eigenvalue weighted by atomic mass is 9.82. The average Bonchev–Trinajstić information content (AvgIpc) is 3.16. The summed E-state index contributed by atoms with van der Waals surface area (Å²) < 4.78 is 18.0. The van der Waals surface area contributed by atoms with Gasteiger partial charge in [0.05, 0.1) is 57.3 Å². The highest BCUT2D eigenvalue weighted by atomic mass is 16.5. The zero-order valence-electron chi connectivity index (χ0n) is 18.0. The lowest BCUT2D eigenvalue weighted by molar-refractivity contribution is -0.158.